The van der Waals surface area contributed by atoms with Gasteiger partial charge in [-0.1, -0.05) is 6.07 Å². The Kier molecular flexibility index (Phi) is 9.37. The van der Waals surface area contributed by atoms with E-state index in [1.165, 1.54) is 12.1 Å². The van der Waals surface area contributed by atoms with Crippen molar-refractivity contribution >= 4 is 61.0 Å². The summed E-state index contributed by atoms with van der Waals surface area (Å²) in [5, 5.41) is 4.16. The highest BCUT2D eigenvalue weighted by molar-refractivity contribution is 9.11. The fraction of sp³-hybridized carbons (Fsp3) is 0.286. The minimum Gasteiger partial charge on any atom is -0.328 e. The number of likely N-dealkylation sites (N-methyl/N-ethyl adjacent to an activating group) is 1. The minimum atomic E-state index is -6.37. The lowest BCUT2D eigenvalue weighted by Crippen LogP contribution is -2.50. The van der Waals surface area contributed by atoms with Crippen LogP contribution >= 0.6 is 31.9 Å². The van der Waals surface area contributed by atoms with Crippen molar-refractivity contribution < 1.29 is 58.3 Å². The highest BCUT2D eigenvalue weighted by atomic mass is 79.9. The highest BCUT2D eigenvalue weighted by Gasteiger charge is 2.73. The van der Waals surface area contributed by atoms with E-state index in [0.717, 1.165) is 19.2 Å². The quantitative estimate of drug-likeness (QED) is 0.268. The molecule has 0 atom stereocenters. The Balaban J connectivity index is 2.29. The molecule has 6 nitrogen and oxygen atoms in total. The van der Waals surface area contributed by atoms with Gasteiger partial charge in [0.1, 0.15) is 6.54 Å². The van der Waals surface area contributed by atoms with Crippen molar-refractivity contribution in [1.29, 1.82) is 0 Å². The average molecular weight is 705 g/mol. The number of amides is 3. The number of nitrogens with one attached hydrogen (secondary N) is 2. The van der Waals surface area contributed by atoms with Crippen LogP contribution < -0.4 is 10.6 Å². The van der Waals surface area contributed by atoms with Gasteiger partial charge in [-0.05, 0) is 62.2 Å². The molecule has 2 aromatic carbocycles. The Morgan fingerprint density at radius 2 is 1.33 bits per heavy atom. The van der Waals surface area contributed by atoms with Gasteiger partial charge >= 0.3 is 36.0 Å². The molecule has 3 amide bonds. The third-order valence-corrected chi connectivity index (χ3v) is 6.05. The van der Waals surface area contributed by atoms with Crippen LogP contribution in [0.1, 0.15) is 15.9 Å². The molecule has 0 fully saturated rings. The van der Waals surface area contributed by atoms with Gasteiger partial charge in [-0.3, -0.25) is 14.4 Å². The number of carbonyl (C=O) groups excluding carboxylic acids is 3. The van der Waals surface area contributed by atoms with Crippen LogP contribution in [0.5, 0.6) is 0 Å². The van der Waals surface area contributed by atoms with Gasteiger partial charge in [0.05, 0.1) is 5.69 Å². The molecule has 0 radical (unpaired) electrons. The molecule has 0 saturated carbocycles. The molecule has 0 unspecified atom stereocenters. The predicted molar refractivity (Wildman–Crippen MR) is 123 cm³/mol. The van der Waals surface area contributed by atoms with Crippen molar-refractivity contribution in [3.63, 3.8) is 0 Å². The smallest absolute Gasteiger partial charge is 0.328 e. The van der Waals surface area contributed by atoms with Crippen LogP contribution in [0.25, 0.3) is 0 Å². The number of hydrogen-bond acceptors (Lipinski definition) is 3. The number of halogens is 12. The van der Waals surface area contributed by atoms with E-state index in [1.807, 2.05) is 5.32 Å². The first kappa shape index (κ1) is 32.3. The van der Waals surface area contributed by atoms with Gasteiger partial charge in [0.25, 0.3) is 5.91 Å². The van der Waals surface area contributed by atoms with Crippen LogP contribution in [0.3, 0.4) is 0 Å². The third kappa shape index (κ3) is 7.40. The first-order valence-electron chi connectivity index (χ1n) is 9.95. The van der Waals surface area contributed by atoms with Crippen molar-refractivity contribution in [3.8, 4) is 0 Å². The zero-order valence-corrected chi connectivity index (χ0v) is 22.1. The second-order valence-corrected chi connectivity index (χ2v) is 9.44. The van der Waals surface area contributed by atoms with Crippen LogP contribution in [-0.2, 0) is 15.3 Å². The maximum atomic E-state index is 14.4. The maximum absolute atomic E-state index is 14.4. The summed E-state index contributed by atoms with van der Waals surface area (Å²) in [6, 6.07) is 4.84. The van der Waals surface area contributed by atoms with Crippen molar-refractivity contribution in [3.05, 3.63) is 56.5 Å². The Labute approximate surface area is 229 Å². The standard InChI is InChI=1S/C21H13Br2F10N3O3/c1-36(8-18(24,25)26)17(39)16(38)34-11-4-2-3-9(5-11)15(37)35-14-12(22)6-10(7-13(14)23)19(27,20(28,29)30)21(31,32)33/h2-7H,8H2,1H3,(H,34,38)(H,35,37). The summed E-state index contributed by atoms with van der Waals surface area (Å²) in [6.07, 6.45) is -17.5. The topological polar surface area (TPSA) is 78.5 Å². The minimum absolute atomic E-state index is 0.105. The fourth-order valence-electron chi connectivity index (χ4n) is 3.00. The molecular formula is C21H13Br2F10N3O3. The summed E-state index contributed by atoms with van der Waals surface area (Å²) in [4.78, 5) is 36.6. The van der Waals surface area contributed by atoms with Gasteiger partial charge in [0.2, 0.25) is 0 Å². The fourth-order valence-corrected chi connectivity index (χ4v) is 4.39. The number of hydrogen-bond donors (Lipinski definition) is 2. The molecule has 18 heteroatoms. The van der Waals surface area contributed by atoms with Gasteiger partial charge < -0.3 is 15.5 Å². The molecule has 0 aliphatic carbocycles. The number of nitrogens with zero attached hydrogens (tertiary/aromatic N) is 1. The van der Waals surface area contributed by atoms with E-state index in [0.29, 0.717) is 0 Å². The van der Waals surface area contributed by atoms with Gasteiger partial charge in [-0.2, -0.15) is 39.5 Å². The molecule has 2 rings (SSSR count). The van der Waals surface area contributed by atoms with Gasteiger partial charge in [-0.15, -0.1) is 0 Å². The second kappa shape index (κ2) is 11.3. The molecule has 2 N–H and O–H groups in total. The van der Waals surface area contributed by atoms with Crippen molar-refractivity contribution in [2.75, 3.05) is 24.2 Å². The van der Waals surface area contributed by atoms with Crippen LogP contribution in [0.4, 0.5) is 55.3 Å². The molecule has 0 spiro atoms. The van der Waals surface area contributed by atoms with Crippen molar-refractivity contribution in [1.82, 2.24) is 4.90 Å². The molecule has 39 heavy (non-hydrogen) atoms. The van der Waals surface area contributed by atoms with Gasteiger partial charge in [0.15, 0.2) is 0 Å². The van der Waals surface area contributed by atoms with Crippen LogP contribution in [0.15, 0.2) is 45.3 Å². The van der Waals surface area contributed by atoms with E-state index in [1.54, 1.807) is 0 Å². The number of rotatable bonds is 5. The summed E-state index contributed by atoms with van der Waals surface area (Å²) in [5.41, 5.74) is -8.44. The summed E-state index contributed by atoms with van der Waals surface area (Å²) in [7, 11) is 0.733. The van der Waals surface area contributed by atoms with E-state index in [4.69, 9.17) is 0 Å². The first-order chi connectivity index (χ1) is 17.6. The van der Waals surface area contributed by atoms with E-state index < -0.39 is 68.7 Å². The number of carbonyl (C=O) groups is 3. The molecule has 0 aromatic heterocycles. The predicted octanol–water partition coefficient (Wildman–Crippen LogP) is 6.71. The van der Waals surface area contributed by atoms with E-state index in [-0.39, 0.29) is 28.3 Å². The van der Waals surface area contributed by atoms with E-state index >= 15 is 0 Å². The lowest BCUT2D eigenvalue weighted by Gasteiger charge is -2.31. The lowest BCUT2D eigenvalue weighted by atomic mass is 9.94. The molecule has 0 bridgehead atoms. The highest BCUT2D eigenvalue weighted by Crippen LogP contribution is 2.54. The Hall–Kier alpha value is -2.89. The SMILES string of the molecule is CN(CC(F)(F)F)C(=O)C(=O)Nc1cccc(C(=O)Nc2c(Br)cc(C(F)(C(F)(F)F)C(F)(F)F)cc2Br)c1. The zero-order chi connectivity index (χ0) is 30.1. The van der Waals surface area contributed by atoms with Crippen LogP contribution in [0, 0.1) is 0 Å². The number of anilines is 2. The van der Waals surface area contributed by atoms with Gasteiger partial charge in [0, 0.05) is 32.8 Å². The van der Waals surface area contributed by atoms with Crippen molar-refractivity contribution in [2.24, 2.45) is 0 Å². The molecule has 0 aliphatic rings. The Bertz CT molecular complexity index is 1240. The summed E-state index contributed by atoms with van der Waals surface area (Å²) in [6.45, 7) is -1.71. The zero-order valence-electron chi connectivity index (χ0n) is 18.9. The van der Waals surface area contributed by atoms with Gasteiger partial charge in [-0.25, -0.2) is 4.39 Å². The summed E-state index contributed by atoms with van der Waals surface area (Å²) < 4.78 is 129. The van der Waals surface area contributed by atoms with Crippen molar-refractivity contribution in [2.45, 2.75) is 24.2 Å². The van der Waals surface area contributed by atoms with Crippen LogP contribution in [-0.4, -0.2) is 54.7 Å². The molecular weight excluding hydrogens is 692 g/mol. The average Bonchev–Trinajstić information content (AvgIpc) is 2.77. The maximum Gasteiger partial charge on any atom is 0.435 e. The largest absolute Gasteiger partial charge is 0.435 e. The monoisotopic (exact) mass is 703 g/mol. The third-order valence-electron chi connectivity index (χ3n) is 4.80. The molecule has 2 aromatic rings. The normalized spacial score (nSPS) is 12.6. The summed E-state index contributed by atoms with van der Waals surface area (Å²) >= 11 is 5.39. The molecule has 0 heterocycles. The van der Waals surface area contributed by atoms with Crippen LogP contribution in [0.2, 0.25) is 0 Å². The lowest BCUT2D eigenvalue weighted by molar-refractivity contribution is -0.348. The number of alkyl halides is 10. The molecule has 0 saturated heterocycles. The van der Waals surface area contributed by atoms with E-state index in [2.05, 4.69) is 37.2 Å². The molecule has 214 valence electrons. The van der Waals surface area contributed by atoms with E-state index in [9.17, 15) is 58.3 Å². The second-order valence-electron chi connectivity index (χ2n) is 7.73. The summed E-state index contributed by atoms with van der Waals surface area (Å²) in [5.74, 6) is -4.04. The Morgan fingerprint density at radius 3 is 1.79 bits per heavy atom. The molecule has 0 aliphatic heterocycles. The number of benzene rings is 2. The first-order valence-corrected chi connectivity index (χ1v) is 11.5. The Morgan fingerprint density at radius 1 is 0.821 bits per heavy atom.